The Kier molecular flexibility index (Phi) is 8.43. The molecule has 1 amide bonds. The van der Waals surface area contributed by atoms with Crippen LogP contribution in [-0.2, 0) is 26.9 Å². The molecule has 0 radical (unpaired) electrons. The van der Waals surface area contributed by atoms with E-state index < -0.39 is 16.6 Å². The van der Waals surface area contributed by atoms with Crippen LogP contribution in [0.2, 0.25) is 0 Å². The molecule has 33 heavy (non-hydrogen) atoms. The van der Waals surface area contributed by atoms with Crippen LogP contribution < -0.4 is 4.31 Å². The largest absolute Gasteiger partial charge is 0.444 e. The number of hydrogen-bond donors (Lipinski definition) is 0. The van der Waals surface area contributed by atoms with Crippen LogP contribution in [0, 0.1) is 0 Å². The van der Waals surface area contributed by atoms with E-state index >= 15 is 0 Å². The van der Waals surface area contributed by atoms with E-state index in [1.807, 2.05) is 47.6 Å². The van der Waals surface area contributed by atoms with Gasteiger partial charge in [0, 0.05) is 25.4 Å². The molecule has 1 unspecified atom stereocenters. The summed E-state index contributed by atoms with van der Waals surface area (Å²) in [6.45, 7) is 13.7. The average Bonchev–Trinajstić information content (AvgIpc) is 3.20. The number of pyridine rings is 1. The Morgan fingerprint density at radius 3 is 2.64 bits per heavy atom. The first-order valence-electron chi connectivity index (χ1n) is 12.2. The number of carbonyl (C=O) groups excluding carboxylic acids is 1. The highest BCUT2D eigenvalue weighted by molar-refractivity contribution is 7.87. The van der Waals surface area contributed by atoms with E-state index in [0.717, 1.165) is 44.3 Å². The lowest BCUT2D eigenvalue weighted by Gasteiger charge is -2.40. The summed E-state index contributed by atoms with van der Waals surface area (Å²) >= 11 is 0. The van der Waals surface area contributed by atoms with Crippen LogP contribution in [0.5, 0.6) is 0 Å². The fourth-order valence-electron chi connectivity index (χ4n) is 4.30. The van der Waals surface area contributed by atoms with Gasteiger partial charge in [-0.3, -0.25) is 4.31 Å². The van der Waals surface area contributed by atoms with Crippen molar-refractivity contribution in [2.24, 2.45) is 0 Å². The van der Waals surface area contributed by atoms with Crippen LogP contribution in [-0.4, -0.2) is 62.4 Å². The third-order valence-electron chi connectivity index (χ3n) is 5.94. The van der Waals surface area contributed by atoms with Crippen molar-refractivity contribution in [2.75, 3.05) is 24.0 Å². The maximum atomic E-state index is 13.4. The van der Waals surface area contributed by atoms with Crippen molar-refractivity contribution < 1.29 is 18.5 Å². The number of aromatic nitrogens is 1. The molecule has 3 rings (SSSR count). The van der Waals surface area contributed by atoms with Crippen LogP contribution in [0.3, 0.4) is 0 Å². The van der Waals surface area contributed by atoms with Gasteiger partial charge >= 0.3 is 6.09 Å². The first kappa shape index (κ1) is 25.9. The summed E-state index contributed by atoms with van der Waals surface area (Å²) in [6.07, 6.45) is 7.36. The molecular formula is C25H41N3O4S. The monoisotopic (exact) mass is 479 g/mol. The minimum atomic E-state index is -1.15. The first-order valence-corrected chi connectivity index (χ1v) is 13.3. The summed E-state index contributed by atoms with van der Waals surface area (Å²) in [5, 5.41) is 0. The second kappa shape index (κ2) is 10.7. The lowest BCUT2D eigenvalue weighted by molar-refractivity contribution is 0.0206. The molecule has 186 valence electrons. The number of likely N-dealkylation sites (tertiary alicyclic amines) is 1. The molecule has 1 aromatic heterocycles. The molecule has 0 spiro atoms. The SMILES string of the molecule is CC(C)(C)OC(=O)N1CC[C@@H](OCCCCC2CCc3cccnc3N2[S@@](=O)C(C)(C)C)C1. The molecule has 3 heterocycles. The molecule has 0 aromatic carbocycles. The fourth-order valence-corrected chi connectivity index (χ4v) is 5.69. The zero-order valence-corrected chi connectivity index (χ0v) is 22.0. The molecule has 0 saturated carbocycles. The zero-order valence-electron chi connectivity index (χ0n) is 21.1. The van der Waals surface area contributed by atoms with Crippen LogP contribution in [0.1, 0.15) is 79.2 Å². The third kappa shape index (κ3) is 7.15. The number of carbonyl (C=O) groups is 1. The van der Waals surface area contributed by atoms with Crippen molar-refractivity contribution >= 4 is 22.9 Å². The number of unbranched alkanes of at least 4 members (excludes halogenated alkanes) is 1. The second-order valence-electron chi connectivity index (χ2n) is 11.1. The standard InChI is InChI=1S/C25H41N3O4S/c1-24(2,3)32-23(29)27-16-14-21(18-27)31-17-8-7-11-20-13-12-19-10-9-15-26-22(19)28(20)33(30)25(4,5)6/h9-10,15,20-21H,7-8,11-14,16-18H2,1-6H3/t20?,21-,33+/m1/s1. The van der Waals surface area contributed by atoms with Gasteiger partial charge in [0.15, 0.2) is 0 Å². The van der Waals surface area contributed by atoms with E-state index in [2.05, 4.69) is 15.4 Å². The van der Waals surface area contributed by atoms with E-state index in [4.69, 9.17) is 9.47 Å². The normalized spacial score (nSPS) is 22.2. The van der Waals surface area contributed by atoms with E-state index in [9.17, 15) is 9.00 Å². The maximum absolute atomic E-state index is 13.4. The molecule has 1 fully saturated rings. The molecule has 1 aromatic rings. The molecule has 1 saturated heterocycles. The number of nitrogens with zero attached hydrogens (tertiary/aromatic N) is 3. The van der Waals surface area contributed by atoms with Gasteiger partial charge in [0.2, 0.25) is 0 Å². The van der Waals surface area contributed by atoms with Gasteiger partial charge < -0.3 is 14.4 Å². The van der Waals surface area contributed by atoms with Crippen molar-refractivity contribution in [3.05, 3.63) is 23.9 Å². The molecule has 3 atom stereocenters. The number of aryl methyl sites for hydroxylation is 1. The summed E-state index contributed by atoms with van der Waals surface area (Å²) < 4.78 is 26.6. The number of amides is 1. The Labute approximate surface area is 201 Å². The van der Waals surface area contributed by atoms with Crippen LogP contribution in [0.15, 0.2) is 18.3 Å². The zero-order chi connectivity index (χ0) is 24.2. The number of anilines is 1. The second-order valence-corrected chi connectivity index (χ2v) is 13.2. The van der Waals surface area contributed by atoms with Crippen molar-refractivity contribution in [1.82, 2.24) is 9.88 Å². The highest BCUT2D eigenvalue weighted by atomic mass is 32.2. The Bertz CT molecular complexity index is 834. The Morgan fingerprint density at radius 1 is 1.18 bits per heavy atom. The minimum Gasteiger partial charge on any atom is -0.444 e. The van der Waals surface area contributed by atoms with Gasteiger partial charge in [0.25, 0.3) is 0 Å². The van der Waals surface area contributed by atoms with Crippen molar-refractivity contribution in [3.63, 3.8) is 0 Å². The third-order valence-corrected chi connectivity index (χ3v) is 7.82. The number of hydrogen-bond acceptors (Lipinski definition) is 5. The molecule has 2 aliphatic heterocycles. The summed E-state index contributed by atoms with van der Waals surface area (Å²) in [5.41, 5.74) is 0.709. The smallest absolute Gasteiger partial charge is 0.410 e. The van der Waals surface area contributed by atoms with E-state index in [1.54, 1.807) is 11.1 Å². The topological polar surface area (TPSA) is 72.0 Å². The van der Waals surface area contributed by atoms with Gasteiger partial charge in [-0.15, -0.1) is 0 Å². The fraction of sp³-hybridized carbons (Fsp3) is 0.760. The van der Waals surface area contributed by atoms with E-state index in [1.165, 1.54) is 5.56 Å². The Hall–Kier alpha value is -1.67. The molecule has 0 N–H and O–H groups in total. The highest BCUT2D eigenvalue weighted by Gasteiger charge is 2.36. The number of ether oxygens (including phenoxy) is 2. The molecule has 8 heteroatoms. The lowest BCUT2D eigenvalue weighted by Crippen LogP contribution is -2.47. The number of rotatable bonds is 7. The molecule has 0 bridgehead atoms. The van der Waals surface area contributed by atoms with Crippen LogP contribution in [0.25, 0.3) is 0 Å². The van der Waals surface area contributed by atoms with Gasteiger partial charge in [0.05, 0.1) is 17.4 Å². The van der Waals surface area contributed by atoms with Crippen molar-refractivity contribution in [1.29, 1.82) is 0 Å². The van der Waals surface area contributed by atoms with Crippen LogP contribution >= 0.6 is 0 Å². The predicted molar refractivity (Wildman–Crippen MR) is 133 cm³/mol. The predicted octanol–water partition coefficient (Wildman–Crippen LogP) is 4.86. The van der Waals surface area contributed by atoms with E-state index in [-0.39, 0.29) is 23.0 Å². The maximum Gasteiger partial charge on any atom is 0.410 e. The summed E-state index contributed by atoms with van der Waals surface area (Å²) in [4.78, 5) is 18.5. The quantitative estimate of drug-likeness (QED) is 0.522. The van der Waals surface area contributed by atoms with Gasteiger partial charge in [0.1, 0.15) is 22.4 Å². The van der Waals surface area contributed by atoms with Gasteiger partial charge in [-0.1, -0.05) is 6.07 Å². The average molecular weight is 480 g/mol. The van der Waals surface area contributed by atoms with Gasteiger partial charge in [-0.2, -0.15) is 0 Å². The lowest BCUT2D eigenvalue weighted by atomic mass is 9.97. The summed E-state index contributed by atoms with van der Waals surface area (Å²) in [7, 11) is -1.15. The van der Waals surface area contributed by atoms with Crippen LogP contribution in [0.4, 0.5) is 10.6 Å². The molecule has 0 aliphatic carbocycles. The Morgan fingerprint density at radius 2 is 1.94 bits per heavy atom. The van der Waals surface area contributed by atoms with Gasteiger partial charge in [-0.25, -0.2) is 14.0 Å². The molecular weight excluding hydrogens is 438 g/mol. The summed E-state index contributed by atoms with van der Waals surface area (Å²) in [5.74, 6) is 0.881. The molecule has 2 aliphatic rings. The Balaban J connectivity index is 1.46. The highest BCUT2D eigenvalue weighted by Crippen LogP contribution is 2.35. The number of fused-ring (bicyclic) bond motifs is 1. The minimum absolute atomic E-state index is 0.0770. The molecule has 7 nitrogen and oxygen atoms in total. The first-order chi connectivity index (χ1) is 15.5. The van der Waals surface area contributed by atoms with Crippen molar-refractivity contribution in [2.45, 2.75) is 103 Å². The summed E-state index contributed by atoms with van der Waals surface area (Å²) in [6, 6.07) is 4.28. The van der Waals surface area contributed by atoms with E-state index in [0.29, 0.717) is 19.7 Å². The van der Waals surface area contributed by atoms with Crippen molar-refractivity contribution in [3.8, 4) is 0 Å². The van der Waals surface area contributed by atoms with Gasteiger partial charge in [-0.05, 0) is 91.7 Å².